The molecule has 0 aromatic carbocycles. The van der Waals surface area contributed by atoms with E-state index in [-0.39, 0.29) is 12.8 Å². The Morgan fingerprint density at radius 3 is 3.00 bits per heavy atom. The van der Waals surface area contributed by atoms with E-state index in [1.165, 1.54) is 11.3 Å². The van der Waals surface area contributed by atoms with E-state index in [1.54, 1.807) is 6.92 Å². The minimum atomic E-state index is -3.37. The molecule has 1 rings (SSSR count). The Kier molecular flexibility index (Phi) is 3.47. The van der Waals surface area contributed by atoms with Crippen molar-refractivity contribution in [3.05, 3.63) is 22.4 Å². The second-order valence-corrected chi connectivity index (χ2v) is 5.17. The second kappa shape index (κ2) is 4.19. The third-order valence-electron chi connectivity index (χ3n) is 1.27. The SMILES string of the molecule is CCOP(=O)(O)Cc1cccs1. The maximum Gasteiger partial charge on any atom is 0.333 e. The molecule has 0 aliphatic rings. The van der Waals surface area contributed by atoms with Gasteiger partial charge in [0.05, 0.1) is 12.8 Å². The smallest absolute Gasteiger partial charge is 0.324 e. The minimum absolute atomic E-state index is 0.124. The first-order valence-corrected chi connectivity index (χ1v) is 6.27. The summed E-state index contributed by atoms with van der Waals surface area (Å²) in [6.07, 6.45) is 0.124. The molecule has 0 aliphatic heterocycles. The molecule has 12 heavy (non-hydrogen) atoms. The lowest BCUT2D eigenvalue weighted by Gasteiger charge is -2.08. The van der Waals surface area contributed by atoms with Gasteiger partial charge in [0.2, 0.25) is 0 Å². The van der Waals surface area contributed by atoms with Crippen LogP contribution in [0, 0.1) is 0 Å². The Bertz CT molecular complexity index is 270. The predicted octanol–water partition coefficient (Wildman–Crippen LogP) is 2.47. The molecule has 1 aromatic heterocycles. The van der Waals surface area contributed by atoms with E-state index in [1.807, 2.05) is 17.5 Å². The van der Waals surface area contributed by atoms with Gasteiger partial charge in [-0.2, -0.15) is 0 Å². The number of hydrogen-bond donors (Lipinski definition) is 1. The standard InChI is InChI=1S/C7H11O3PS/c1-2-10-11(8,9)6-7-4-3-5-12-7/h3-5H,2,6H2,1H3,(H,8,9). The van der Waals surface area contributed by atoms with Gasteiger partial charge in [-0.05, 0) is 18.4 Å². The Balaban J connectivity index is 2.56. The van der Waals surface area contributed by atoms with Gasteiger partial charge in [0.25, 0.3) is 0 Å². The van der Waals surface area contributed by atoms with Crippen molar-refractivity contribution in [2.24, 2.45) is 0 Å². The zero-order valence-electron chi connectivity index (χ0n) is 6.77. The predicted molar refractivity (Wildman–Crippen MR) is 49.5 cm³/mol. The summed E-state index contributed by atoms with van der Waals surface area (Å²) in [5.74, 6) is 0. The first-order chi connectivity index (χ1) is 5.64. The molecule has 5 heteroatoms. The van der Waals surface area contributed by atoms with Crippen molar-refractivity contribution >= 4 is 18.9 Å². The fourth-order valence-corrected chi connectivity index (χ4v) is 3.12. The summed E-state index contributed by atoms with van der Waals surface area (Å²) in [6.45, 7) is 1.98. The maximum absolute atomic E-state index is 11.2. The van der Waals surface area contributed by atoms with E-state index < -0.39 is 7.60 Å². The Hall–Kier alpha value is -0.150. The molecule has 0 radical (unpaired) electrons. The Morgan fingerprint density at radius 2 is 2.50 bits per heavy atom. The highest BCUT2D eigenvalue weighted by atomic mass is 32.1. The summed E-state index contributed by atoms with van der Waals surface area (Å²) in [6, 6.07) is 3.68. The van der Waals surface area contributed by atoms with Crippen LogP contribution in [0.5, 0.6) is 0 Å². The fourth-order valence-electron chi connectivity index (χ4n) is 0.847. The van der Waals surface area contributed by atoms with Gasteiger partial charge in [0.1, 0.15) is 0 Å². The molecule has 0 saturated carbocycles. The first-order valence-electron chi connectivity index (χ1n) is 3.63. The lowest BCUT2D eigenvalue weighted by molar-refractivity contribution is 0.273. The van der Waals surface area contributed by atoms with E-state index >= 15 is 0 Å². The third kappa shape index (κ3) is 3.07. The van der Waals surface area contributed by atoms with Gasteiger partial charge in [-0.3, -0.25) is 4.57 Å². The van der Waals surface area contributed by atoms with Gasteiger partial charge in [0.15, 0.2) is 0 Å². The van der Waals surface area contributed by atoms with Crippen molar-refractivity contribution in [1.82, 2.24) is 0 Å². The molecule has 1 unspecified atom stereocenters. The van der Waals surface area contributed by atoms with Crippen molar-refractivity contribution in [2.45, 2.75) is 13.1 Å². The van der Waals surface area contributed by atoms with Gasteiger partial charge >= 0.3 is 7.60 Å². The lowest BCUT2D eigenvalue weighted by Crippen LogP contribution is -1.90. The molecule has 1 atom stereocenters. The quantitative estimate of drug-likeness (QED) is 0.770. The van der Waals surface area contributed by atoms with Crippen molar-refractivity contribution in [3.63, 3.8) is 0 Å². The van der Waals surface area contributed by atoms with Crippen LogP contribution in [0.15, 0.2) is 17.5 Å². The van der Waals surface area contributed by atoms with E-state index in [4.69, 9.17) is 4.52 Å². The van der Waals surface area contributed by atoms with Crippen LogP contribution in [-0.4, -0.2) is 11.5 Å². The molecule has 0 spiro atoms. The summed E-state index contributed by atoms with van der Waals surface area (Å²) in [5.41, 5.74) is 0. The van der Waals surface area contributed by atoms with Crippen LogP contribution in [-0.2, 0) is 15.3 Å². The molecule has 68 valence electrons. The zero-order valence-corrected chi connectivity index (χ0v) is 8.48. The molecule has 3 nitrogen and oxygen atoms in total. The normalized spacial score (nSPS) is 15.8. The number of rotatable bonds is 4. The van der Waals surface area contributed by atoms with E-state index in [9.17, 15) is 9.46 Å². The second-order valence-electron chi connectivity index (χ2n) is 2.29. The van der Waals surface area contributed by atoms with Crippen LogP contribution >= 0.6 is 18.9 Å². The highest BCUT2D eigenvalue weighted by Gasteiger charge is 2.19. The van der Waals surface area contributed by atoms with Crippen LogP contribution in [0.25, 0.3) is 0 Å². The topological polar surface area (TPSA) is 46.5 Å². The monoisotopic (exact) mass is 206 g/mol. The molecule has 1 aromatic rings. The van der Waals surface area contributed by atoms with Gasteiger partial charge in [-0.25, -0.2) is 0 Å². The van der Waals surface area contributed by atoms with Crippen LogP contribution in [0.3, 0.4) is 0 Å². The first kappa shape index (κ1) is 9.93. The maximum atomic E-state index is 11.2. The number of thiophene rings is 1. The van der Waals surface area contributed by atoms with Crippen molar-refractivity contribution in [3.8, 4) is 0 Å². The van der Waals surface area contributed by atoms with Crippen molar-refractivity contribution < 1.29 is 14.0 Å². The van der Waals surface area contributed by atoms with Crippen LogP contribution in [0.1, 0.15) is 11.8 Å². The van der Waals surface area contributed by atoms with Gasteiger partial charge < -0.3 is 9.42 Å². The highest BCUT2D eigenvalue weighted by molar-refractivity contribution is 7.52. The molecule has 0 fully saturated rings. The Labute approximate surface area is 75.5 Å². The zero-order chi connectivity index (χ0) is 9.03. The van der Waals surface area contributed by atoms with Crippen LogP contribution in [0.2, 0.25) is 0 Å². The fraction of sp³-hybridized carbons (Fsp3) is 0.429. The van der Waals surface area contributed by atoms with E-state index in [2.05, 4.69) is 0 Å². The average molecular weight is 206 g/mol. The molecule has 0 saturated heterocycles. The van der Waals surface area contributed by atoms with E-state index in [0.717, 1.165) is 4.88 Å². The van der Waals surface area contributed by atoms with Crippen LogP contribution in [0.4, 0.5) is 0 Å². The van der Waals surface area contributed by atoms with E-state index in [0.29, 0.717) is 0 Å². The largest absolute Gasteiger partial charge is 0.333 e. The van der Waals surface area contributed by atoms with Gasteiger partial charge in [-0.15, -0.1) is 11.3 Å². The molecule has 1 N–H and O–H groups in total. The molecule has 0 amide bonds. The summed E-state index contributed by atoms with van der Waals surface area (Å²) in [5, 5.41) is 1.88. The molecular formula is C7H11O3PS. The molecule has 1 heterocycles. The number of hydrogen-bond acceptors (Lipinski definition) is 3. The molecular weight excluding hydrogens is 195 g/mol. The summed E-state index contributed by atoms with van der Waals surface area (Å²) in [7, 11) is -3.37. The minimum Gasteiger partial charge on any atom is -0.324 e. The summed E-state index contributed by atoms with van der Waals surface area (Å²) < 4.78 is 15.9. The van der Waals surface area contributed by atoms with Crippen LogP contribution < -0.4 is 0 Å². The Morgan fingerprint density at radius 1 is 1.75 bits per heavy atom. The lowest BCUT2D eigenvalue weighted by atomic mass is 10.5. The van der Waals surface area contributed by atoms with Gasteiger partial charge in [0, 0.05) is 4.88 Å². The molecule has 0 bridgehead atoms. The van der Waals surface area contributed by atoms with Crippen molar-refractivity contribution in [1.29, 1.82) is 0 Å². The average Bonchev–Trinajstić information content (AvgIpc) is 2.38. The summed E-state index contributed by atoms with van der Waals surface area (Å²) in [4.78, 5) is 10.1. The molecule has 0 aliphatic carbocycles. The summed E-state index contributed by atoms with van der Waals surface area (Å²) >= 11 is 1.46. The van der Waals surface area contributed by atoms with Crippen molar-refractivity contribution in [2.75, 3.05) is 6.61 Å². The van der Waals surface area contributed by atoms with Gasteiger partial charge in [-0.1, -0.05) is 6.07 Å². The highest BCUT2D eigenvalue weighted by Crippen LogP contribution is 2.46. The third-order valence-corrected chi connectivity index (χ3v) is 3.76.